The van der Waals surface area contributed by atoms with Gasteiger partial charge in [0.25, 0.3) is 0 Å². The van der Waals surface area contributed by atoms with E-state index in [1.807, 2.05) is 0 Å². The van der Waals surface area contributed by atoms with Crippen molar-refractivity contribution in [1.29, 1.82) is 0 Å². The minimum atomic E-state index is 0.651. The molecule has 1 nitrogen and oxygen atoms in total. The number of hydrogen-bond donors (Lipinski definition) is 0. The summed E-state index contributed by atoms with van der Waals surface area (Å²) in [5, 5.41) is 0. The standard InChI is InChI=1S/C29H53N/c1-20(2)9-8-10-21(3)25-13-14-26-24-12-11-22-19-23(30(6)7)15-17-28(22,4)27(24)16-18-29(25,26)5/h20-27H,8-19H2,1-7H3/t21?,22?,23-,24?,25+,26?,27?,28-,29+/m0/s1. The second kappa shape index (κ2) is 8.72. The highest BCUT2D eigenvalue weighted by Gasteiger charge is 2.60. The van der Waals surface area contributed by atoms with E-state index >= 15 is 0 Å². The SMILES string of the molecule is CC(C)CCCC(C)[C@H]1CCC2C3CCC4C[C@@H](N(C)C)CC[C@]4(C)C3CC[C@@]21C. The monoisotopic (exact) mass is 415 g/mol. The first-order valence-corrected chi connectivity index (χ1v) is 13.8. The minimum Gasteiger partial charge on any atom is -0.306 e. The maximum Gasteiger partial charge on any atom is 0.00922 e. The average Bonchev–Trinajstić information content (AvgIpc) is 3.04. The van der Waals surface area contributed by atoms with Crippen LogP contribution < -0.4 is 0 Å². The second-order valence-corrected chi connectivity index (χ2v) is 13.6. The first-order chi connectivity index (χ1) is 14.2. The molecule has 0 spiro atoms. The molecule has 4 rings (SSSR count). The molecule has 0 heterocycles. The lowest BCUT2D eigenvalue weighted by molar-refractivity contribution is -0.122. The van der Waals surface area contributed by atoms with E-state index in [1.54, 1.807) is 19.3 Å². The van der Waals surface area contributed by atoms with Crippen molar-refractivity contribution < 1.29 is 0 Å². The summed E-state index contributed by atoms with van der Waals surface area (Å²) in [4.78, 5) is 2.52. The highest BCUT2D eigenvalue weighted by Crippen LogP contribution is 2.68. The van der Waals surface area contributed by atoms with E-state index in [0.29, 0.717) is 10.8 Å². The Labute approximate surface area is 189 Å². The van der Waals surface area contributed by atoms with E-state index in [2.05, 4.69) is 53.6 Å². The second-order valence-electron chi connectivity index (χ2n) is 13.6. The molecule has 0 bridgehead atoms. The Morgan fingerprint density at radius 1 is 0.800 bits per heavy atom. The summed E-state index contributed by atoms with van der Waals surface area (Å²) >= 11 is 0. The fourth-order valence-corrected chi connectivity index (χ4v) is 9.73. The molecule has 4 aliphatic carbocycles. The van der Waals surface area contributed by atoms with Crippen molar-refractivity contribution in [2.24, 2.45) is 52.3 Å². The van der Waals surface area contributed by atoms with Gasteiger partial charge in [-0.15, -0.1) is 0 Å². The molecule has 4 fully saturated rings. The van der Waals surface area contributed by atoms with Gasteiger partial charge in [-0.05, 0) is 124 Å². The Morgan fingerprint density at radius 3 is 2.20 bits per heavy atom. The van der Waals surface area contributed by atoms with E-state index < -0.39 is 0 Å². The number of fused-ring (bicyclic) bond motifs is 5. The maximum atomic E-state index is 2.75. The van der Waals surface area contributed by atoms with Crippen LogP contribution in [0, 0.1) is 52.3 Å². The lowest BCUT2D eigenvalue weighted by atomic mass is 9.44. The molecule has 9 atom stereocenters. The molecule has 1 heteroatoms. The Hall–Kier alpha value is -0.0400. The van der Waals surface area contributed by atoms with Gasteiger partial charge in [0.15, 0.2) is 0 Å². The Balaban J connectivity index is 1.45. The van der Waals surface area contributed by atoms with Gasteiger partial charge in [0, 0.05) is 6.04 Å². The quantitative estimate of drug-likeness (QED) is 0.424. The first-order valence-electron chi connectivity index (χ1n) is 13.8. The van der Waals surface area contributed by atoms with Crippen molar-refractivity contribution in [2.45, 2.75) is 118 Å². The van der Waals surface area contributed by atoms with Gasteiger partial charge in [-0.3, -0.25) is 0 Å². The van der Waals surface area contributed by atoms with E-state index in [9.17, 15) is 0 Å². The third-order valence-electron chi connectivity index (χ3n) is 11.6. The van der Waals surface area contributed by atoms with E-state index in [0.717, 1.165) is 47.5 Å². The molecule has 0 N–H and O–H groups in total. The smallest absolute Gasteiger partial charge is 0.00922 e. The van der Waals surface area contributed by atoms with Crippen molar-refractivity contribution >= 4 is 0 Å². The largest absolute Gasteiger partial charge is 0.306 e. The molecule has 0 aliphatic heterocycles. The minimum absolute atomic E-state index is 0.651. The predicted octanol–water partition coefficient (Wildman–Crippen LogP) is 8.04. The number of nitrogens with zero attached hydrogens (tertiary/aromatic N) is 1. The summed E-state index contributed by atoms with van der Waals surface area (Å²) in [6.45, 7) is 12.9. The van der Waals surface area contributed by atoms with Crippen LogP contribution in [0.1, 0.15) is 112 Å². The van der Waals surface area contributed by atoms with Gasteiger partial charge in [0.1, 0.15) is 0 Å². The predicted molar refractivity (Wildman–Crippen MR) is 131 cm³/mol. The Kier molecular flexibility index (Phi) is 6.72. The van der Waals surface area contributed by atoms with Gasteiger partial charge in [0.2, 0.25) is 0 Å². The third-order valence-corrected chi connectivity index (χ3v) is 11.6. The van der Waals surface area contributed by atoms with Crippen LogP contribution in [-0.4, -0.2) is 25.0 Å². The van der Waals surface area contributed by atoms with Crippen LogP contribution in [0.4, 0.5) is 0 Å². The number of rotatable bonds is 6. The average molecular weight is 416 g/mol. The normalized spacial score (nSPS) is 47.1. The van der Waals surface area contributed by atoms with Crippen LogP contribution in [0.2, 0.25) is 0 Å². The van der Waals surface area contributed by atoms with Crippen molar-refractivity contribution in [3.8, 4) is 0 Å². The molecule has 0 saturated heterocycles. The Morgan fingerprint density at radius 2 is 1.50 bits per heavy atom. The molecule has 0 aromatic carbocycles. The Bertz CT molecular complexity index is 581. The van der Waals surface area contributed by atoms with Crippen LogP contribution in [0.15, 0.2) is 0 Å². The topological polar surface area (TPSA) is 3.24 Å². The molecule has 0 radical (unpaired) electrons. The zero-order valence-corrected chi connectivity index (χ0v) is 21.6. The number of hydrogen-bond acceptors (Lipinski definition) is 1. The lowest BCUT2D eigenvalue weighted by Crippen LogP contribution is -2.55. The van der Waals surface area contributed by atoms with E-state index in [1.165, 1.54) is 57.8 Å². The first kappa shape index (κ1) is 23.1. The zero-order chi connectivity index (χ0) is 21.7. The molecule has 0 aromatic rings. The molecule has 0 aromatic heterocycles. The highest BCUT2D eigenvalue weighted by atomic mass is 15.1. The van der Waals surface area contributed by atoms with Crippen molar-refractivity contribution in [2.75, 3.05) is 14.1 Å². The van der Waals surface area contributed by atoms with Crippen molar-refractivity contribution in [3.05, 3.63) is 0 Å². The van der Waals surface area contributed by atoms with Crippen LogP contribution in [0.3, 0.4) is 0 Å². The molecule has 4 aliphatic rings. The third kappa shape index (κ3) is 3.92. The maximum absolute atomic E-state index is 2.75. The van der Waals surface area contributed by atoms with Gasteiger partial charge >= 0.3 is 0 Å². The van der Waals surface area contributed by atoms with Gasteiger partial charge in [0.05, 0.1) is 0 Å². The summed E-state index contributed by atoms with van der Waals surface area (Å²) in [5.41, 5.74) is 1.31. The van der Waals surface area contributed by atoms with Crippen LogP contribution in [0.25, 0.3) is 0 Å². The van der Waals surface area contributed by atoms with E-state index in [4.69, 9.17) is 0 Å². The van der Waals surface area contributed by atoms with Crippen molar-refractivity contribution in [3.63, 3.8) is 0 Å². The molecular weight excluding hydrogens is 362 g/mol. The lowest BCUT2D eigenvalue weighted by Gasteiger charge is -2.61. The summed E-state index contributed by atoms with van der Waals surface area (Å²) in [7, 11) is 4.62. The van der Waals surface area contributed by atoms with Gasteiger partial charge in [-0.2, -0.15) is 0 Å². The molecule has 174 valence electrons. The zero-order valence-electron chi connectivity index (χ0n) is 21.6. The van der Waals surface area contributed by atoms with Gasteiger partial charge in [-0.1, -0.05) is 53.9 Å². The van der Waals surface area contributed by atoms with Crippen LogP contribution in [-0.2, 0) is 0 Å². The molecule has 5 unspecified atom stereocenters. The van der Waals surface area contributed by atoms with Crippen LogP contribution >= 0.6 is 0 Å². The fraction of sp³-hybridized carbons (Fsp3) is 1.00. The molecule has 4 saturated carbocycles. The van der Waals surface area contributed by atoms with E-state index in [-0.39, 0.29) is 0 Å². The molecular formula is C29H53N. The van der Waals surface area contributed by atoms with Crippen LogP contribution in [0.5, 0.6) is 0 Å². The summed E-state index contributed by atoms with van der Waals surface area (Å²) in [6.07, 6.45) is 18.0. The summed E-state index contributed by atoms with van der Waals surface area (Å²) in [6, 6.07) is 0.844. The van der Waals surface area contributed by atoms with Crippen molar-refractivity contribution in [1.82, 2.24) is 4.90 Å². The molecule has 0 amide bonds. The van der Waals surface area contributed by atoms with Gasteiger partial charge < -0.3 is 4.90 Å². The summed E-state index contributed by atoms with van der Waals surface area (Å²) in [5.74, 6) is 6.94. The van der Waals surface area contributed by atoms with Gasteiger partial charge in [-0.25, -0.2) is 0 Å². The fourth-order valence-electron chi connectivity index (χ4n) is 9.73. The summed E-state index contributed by atoms with van der Waals surface area (Å²) < 4.78 is 0. The highest BCUT2D eigenvalue weighted by molar-refractivity contribution is 5.10. The molecule has 30 heavy (non-hydrogen) atoms.